The number of aryl methyl sites for hydroxylation is 1. The smallest absolute Gasteiger partial charge is 0.332 e. The monoisotopic (exact) mass is 417 g/mol. The third kappa shape index (κ3) is 3.46. The molecule has 2 aromatic heterocycles. The number of fused-ring (bicyclic) bond motifs is 1. The second-order valence-corrected chi connectivity index (χ2v) is 7.32. The maximum atomic E-state index is 12.5. The number of amides is 2. The Hall–Kier alpha value is -3.27. The predicted octanol–water partition coefficient (Wildman–Crippen LogP) is 0.968. The van der Waals surface area contributed by atoms with Crippen molar-refractivity contribution < 1.29 is 4.79 Å². The molecule has 11 heteroatoms. The van der Waals surface area contributed by atoms with Gasteiger partial charge in [-0.05, 0) is 18.2 Å². The molecule has 152 valence electrons. The van der Waals surface area contributed by atoms with Crippen LogP contribution in [0.2, 0.25) is 5.02 Å². The van der Waals surface area contributed by atoms with E-state index in [1.807, 2.05) is 4.90 Å². The molecule has 0 aliphatic carbocycles. The molecule has 29 heavy (non-hydrogen) atoms. The van der Waals surface area contributed by atoms with Gasteiger partial charge >= 0.3 is 11.7 Å². The first-order chi connectivity index (χ1) is 13.8. The highest BCUT2D eigenvalue weighted by Gasteiger charge is 2.24. The molecule has 2 amide bonds. The van der Waals surface area contributed by atoms with Crippen LogP contribution >= 0.6 is 11.6 Å². The minimum atomic E-state index is -0.428. The highest BCUT2D eigenvalue weighted by Crippen LogP contribution is 2.18. The molecule has 0 bridgehead atoms. The Kier molecular flexibility index (Phi) is 4.79. The van der Waals surface area contributed by atoms with E-state index in [0.717, 1.165) is 4.57 Å². The zero-order valence-electron chi connectivity index (χ0n) is 16.0. The molecule has 0 atom stereocenters. The summed E-state index contributed by atoms with van der Waals surface area (Å²) in [7, 11) is 3.01. The van der Waals surface area contributed by atoms with Gasteiger partial charge in [0, 0.05) is 51.0 Å². The number of hydrogen-bond donors (Lipinski definition) is 2. The SMILES string of the molecule is Cn1c(=O)c2[nH]c(N3CCN(C(=O)Nc4cccc(Cl)c4)CC3)nc2n(C)c1=O. The van der Waals surface area contributed by atoms with E-state index >= 15 is 0 Å². The van der Waals surface area contributed by atoms with Gasteiger partial charge in [-0.3, -0.25) is 13.9 Å². The maximum Gasteiger partial charge on any atom is 0.332 e. The number of rotatable bonds is 2. The highest BCUT2D eigenvalue weighted by molar-refractivity contribution is 6.30. The second kappa shape index (κ2) is 7.28. The van der Waals surface area contributed by atoms with Crippen LogP contribution in [0.15, 0.2) is 33.9 Å². The number of nitrogens with zero attached hydrogens (tertiary/aromatic N) is 5. The number of hydrogen-bond acceptors (Lipinski definition) is 5. The summed E-state index contributed by atoms with van der Waals surface area (Å²) in [5.41, 5.74) is 0.392. The number of nitrogens with one attached hydrogen (secondary N) is 2. The molecule has 2 N–H and O–H groups in total. The second-order valence-electron chi connectivity index (χ2n) is 6.88. The van der Waals surface area contributed by atoms with E-state index in [0.29, 0.717) is 48.5 Å². The number of urea groups is 1. The van der Waals surface area contributed by atoms with Gasteiger partial charge in [-0.1, -0.05) is 17.7 Å². The summed E-state index contributed by atoms with van der Waals surface area (Å²) in [6.07, 6.45) is 0. The van der Waals surface area contributed by atoms with Crippen LogP contribution in [0.4, 0.5) is 16.4 Å². The molecule has 1 saturated heterocycles. The zero-order chi connectivity index (χ0) is 20.7. The number of aromatic nitrogens is 4. The van der Waals surface area contributed by atoms with Crippen molar-refractivity contribution in [2.75, 3.05) is 36.4 Å². The third-order valence-corrected chi connectivity index (χ3v) is 5.26. The minimum absolute atomic E-state index is 0.201. The first-order valence-electron chi connectivity index (χ1n) is 9.07. The number of anilines is 2. The normalized spacial score (nSPS) is 14.4. The minimum Gasteiger partial charge on any atom is -0.339 e. The van der Waals surface area contributed by atoms with Crippen molar-refractivity contribution in [2.24, 2.45) is 14.1 Å². The largest absolute Gasteiger partial charge is 0.339 e. The fourth-order valence-corrected chi connectivity index (χ4v) is 3.54. The first kappa shape index (κ1) is 19.1. The Morgan fingerprint density at radius 2 is 1.86 bits per heavy atom. The van der Waals surface area contributed by atoms with Gasteiger partial charge in [-0.25, -0.2) is 9.59 Å². The van der Waals surface area contributed by atoms with Gasteiger partial charge in [-0.15, -0.1) is 0 Å². The van der Waals surface area contributed by atoms with Crippen LogP contribution in [-0.2, 0) is 14.1 Å². The third-order valence-electron chi connectivity index (χ3n) is 5.02. The highest BCUT2D eigenvalue weighted by atomic mass is 35.5. The van der Waals surface area contributed by atoms with E-state index < -0.39 is 11.2 Å². The molecule has 0 radical (unpaired) electrons. The van der Waals surface area contributed by atoms with Gasteiger partial charge in [0.1, 0.15) is 0 Å². The van der Waals surface area contributed by atoms with E-state index in [4.69, 9.17) is 11.6 Å². The lowest BCUT2D eigenvalue weighted by Gasteiger charge is -2.34. The van der Waals surface area contributed by atoms with E-state index in [1.54, 1.807) is 36.2 Å². The number of imidazole rings is 1. The van der Waals surface area contributed by atoms with Gasteiger partial charge in [0.25, 0.3) is 5.56 Å². The van der Waals surface area contributed by atoms with Crippen LogP contribution in [0.1, 0.15) is 0 Å². The van der Waals surface area contributed by atoms with Crippen molar-refractivity contribution in [3.63, 3.8) is 0 Å². The molecule has 1 fully saturated rings. The first-order valence-corrected chi connectivity index (χ1v) is 9.45. The van der Waals surface area contributed by atoms with Crippen molar-refractivity contribution in [1.29, 1.82) is 0 Å². The summed E-state index contributed by atoms with van der Waals surface area (Å²) in [4.78, 5) is 48.0. The Bertz CT molecular complexity index is 1200. The number of carbonyl (C=O) groups excluding carboxylic acids is 1. The van der Waals surface area contributed by atoms with Crippen molar-refractivity contribution in [2.45, 2.75) is 0 Å². The van der Waals surface area contributed by atoms with Crippen LogP contribution in [0.25, 0.3) is 11.2 Å². The number of benzene rings is 1. The molecule has 4 rings (SSSR count). The van der Waals surface area contributed by atoms with E-state index in [-0.39, 0.29) is 11.5 Å². The Labute approximate surface area is 170 Å². The molecule has 3 aromatic rings. The number of H-pyrrole nitrogens is 1. The predicted molar refractivity (Wildman–Crippen MR) is 111 cm³/mol. The topological polar surface area (TPSA) is 108 Å². The van der Waals surface area contributed by atoms with Crippen molar-refractivity contribution >= 4 is 40.4 Å². The van der Waals surface area contributed by atoms with E-state index in [1.165, 1.54) is 11.6 Å². The molecular weight excluding hydrogens is 398 g/mol. The lowest BCUT2D eigenvalue weighted by molar-refractivity contribution is 0.208. The Balaban J connectivity index is 1.48. The lowest BCUT2D eigenvalue weighted by atomic mass is 10.3. The summed E-state index contributed by atoms with van der Waals surface area (Å²) in [6, 6.07) is 6.78. The molecule has 1 aliphatic heterocycles. The molecule has 10 nitrogen and oxygen atoms in total. The van der Waals surface area contributed by atoms with Crippen molar-refractivity contribution in [3.05, 3.63) is 50.1 Å². The van der Waals surface area contributed by atoms with Gasteiger partial charge in [-0.2, -0.15) is 4.98 Å². The van der Waals surface area contributed by atoms with Gasteiger partial charge in [0.2, 0.25) is 5.95 Å². The van der Waals surface area contributed by atoms with Crippen LogP contribution in [-0.4, -0.2) is 56.2 Å². The summed E-state index contributed by atoms with van der Waals surface area (Å²) in [5.74, 6) is 0.508. The number of halogens is 1. The van der Waals surface area contributed by atoms with Crippen molar-refractivity contribution in [1.82, 2.24) is 24.0 Å². The summed E-state index contributed by atoms with van der Waals surface area (Å²) in [6.45, 7) is 2.05. The lowest BCUT2D eigenvalue weighted by Crippen LogP contribution is -2.50. The van der Waals surface area contributed by atoms with E-state index in [2.05, 4.69) is 15.3 Å². The molecule has 1 aliphatic rings. The van der Waals surface area contributed by atoms with Crippen LogP contribution in [0.3, 0.4) is 0 Å². The van der Waals surface area contributed by atoms with Crippen molar-refractivity contribution in [3.8, 4) is 0 Å². The van der Waals surface area contributed by atoms with E-state index in [9.17, 15) is 14.4 Å². The standard InChI is InChI=1S/C18H20ClN7O3/c1-23-14-13(15(27)24(2)18(23)29)21-16(22-14)25-6-8-26(9-7-25)17(28)20-12-5-3-4-11(19)10-12/h3-5,10H,6-9H2,1-2H3,(H,20,28)(H,21,22). The average molecular weight is 418 g/mol. The number of carbonyl (C=O) groups is 1. The number of aromatic amines is 1. The van der Waals surface area contributed by atoms with Gasteiger partial charge in [0.05, 0.1) is 0 Å². The summed E-state index contributed by atoms with van der Waals surface area (Å²) >= 11 is 5.95. The number of piperazine rings is 1. The van der Waals surface area contributed by atoms with Gasteiger partial charge in [0.15, 0.2) is 11.2 Å². The summed E-state index contributed by atoms with van der Waals surface area (Å²) < 4.78 is 2.38. The maximum absolute atomic E-state index is 12.5. The summed E-state index contributed by atoms with van der Waals surface area (Å²) in [5, 5.41) is 3.39. The molecule has 1 aromatic carbocycles. The Morgan fingerprint density at radius 3 is 2.55 bits per heavy atom. The quantitative estimate of drug-likeness (QED) is 0.645. The fourth-order valence-electron chi connectivity index (χ4n) is 3.35. The van der Waals surface area contributed by atoms with Crippen LogP contribution in [0.5, 0.6) is 0 Å². The zero-order valence-corrected chi connectivity index (χ0v) is 16.7. The Morgan fingerprint density at radius 1 is 1.14 bits per heavy atom. The molecule has 0 spiro atoms. The molecule has 0 saturated carbocycles. The van der Waals surface area contributed by atoms with Gasteiger partial charge < -0.3 is 20.1 Å². The van der Waals surface area contributed by atoms with Crippen LogP contribution in [0, 0.1) is 0 Å². The molecule has 3 heterocycles. The molecular formula is C18H20ClN7O3. The fraction of sp³-hybridized carbons (Fsp3) is 0.333. The average Bonchev–Trinajstić information content (AvgIpc) is 3.16. The van der Waals surface area contributed by atoms with Crippen LogP contribution < -0.4 is 21.5 Å². The molecule has 0 unspecified atom stereocenters.